The van der Waals surface area contributed by atoms with Crippen LogP contribution in [0, 0.1) is 23.0 Å². The minimum Gasteiger partial charge on any atom is -0.494 e. The second-order valence-corrected chi connectivity index (χ2v) is 6.11. The average molecular weight is 418 g/mol. The van der Waals surface area contributed by atoms with E-state index in [9.17, 15) is 13.6 Å². The van der Waals surface area contributed by atoms with Crippen molar-refractivity contribution in [3.63, 3.8) is 0 Å². The number of nitrogens with zero attached hydrogens (tertiary/aromatic N) is 3. The van der Waals surface area contributed by atoms with Gasteiger partial charge < -0.3 is 9.47 Å². The Morgan fingerprint density at radius 1 is 1.24 bits per heavy atom. The zero-order valence-corrected chi connectivity index (χ0v) is 16.1. The summed E-state index contributed by atoms with van der Waals surface area (Å²) in [6.07, 6.45) is 0. The fourth-order valence-corrected chi connectivity index (χ4v) is 3.00. The number of carbonyl (C=O) groups is 1. The lowest BCUT2D eigenvalue weighted by Gasteiger charge is -2.11. The molecule has 0 saturated heterocycles. The van der Waals surface area contributed by atoms with Crippen LogP contribution in [-0.2, 0) is 4.74 Å². The van der Waals surface area contributed by atoms with Crippen LogP contribution in [0.2, 0.25) is 5.15 Å². The van der Waals surface area contributed by atoms with E-state index in [4.69, 9.17) is 26.3 Å². The summed E-state index contributed by atoms with van der Waals surface area (Å²) in [6, 6.07) is 9.57. The molecular formula is C20H14ClF2N3O3. The van der Waals surface area contributed by atoms with Crippen molar-refractivity contribution in [2.75, 3.05) is 13.7 Å². The molecule has 1 heterocycles. The van der Waals surface area contributed by atoms with Crippen molar-refractivity contribution in [1.82, 2.24) is 9.55 Å². The van der Waals surface area contributed by atoms with Crippen LogP contribution in [0.4, 0.5) is 8.78 Å². The van der Waals surface area contributed by atoms with E-state index in [1.165, 1.54) is 35.9 Å². The summed E-state index contributed by atoms with van der Waals surface area (Å²) in [5, 5.41) is 8.79. The Labute approximate surface area is 169 Å². The first-order valence-electron chi connectivity index (χ1n) is 8.40. The van der Waals surface area contributed by atoms with Gasteiger partial charge >= 0.3 is 5.97 Å². The largest absolute Gasteiger partial charge is 0.494 e. The predicted octanol–water partition coefficient (Wildman–Crippen LogP) is 4.53. The smallest absolute Gasteiger partial charge is 0.360 e. The number of benzene rings is 2. The molecular weight excluding hydrogens is 404 g/mol. The lowest BCUT2D eigenvalue weighted by Crippen LogP contribution is -2.06. The zero-order chi connectivity index (χ0) is 21.1. The van der Waals surface area contributed by atoms with Crippen molar-refractivity contribution in [3.8, 4) is 28.9 Å². The summed E-state index contributed by atoms with van der Waals surface area (Å²) in [6.45, 7) is 1.72. The maximum atomic E-state index is 14.3. The average Bonchev–Trinajstić information content (AvgIpc) is 3.05. The molecule has 9 heteroatoms. The van der Waals surface area contributed by atoms with Crippen LogP contribution in [0.15, 0.2) is 36.4 Å². The monoisotopic (exact) mass is 417 g/mol. The molecule has 0 spiro atoms. The lowest BCUT2D eigenvalue weighted by atomic mass is 10.1. The van der Waals surface area contributed by atoms with Crippen molar-refractivity contribution >= 4 is 17.6 Å². The minimum absolute atomic E-state index is 0.0153. The number of rotatable bonds is 5. The van der Waals surface area contributed by atoms with Gasteiger partial charge in [-0.05, 0) is 37.3 Å². The molecule has 0 saturated carbocycles. The number of halogens is 3. The normalized spacial score (nSPS) is 10.5. The van der Waals surface area contributed by atoms with Gasteiger partial charge in [-0.25, -0.2) is 18.6 Å². The minimum atomic E-state index is -0.777. The van der Waals surface area contributed by atoms with E-state index < -0.39 is 17.6 Å². The highest BCUT2D eigenvalue weighted by Crippen LogP contribution is 2.32. The van der Waals surface area contributed by atoms with E-state index in [0.717, 1.165) is 12.1 Å². The molecule has 0 fully saturated rings. The first kappa shape index (κ1) is 20.3. The van der Waals surface area contributed by atoms with Crippen LogP contribution < -0.4 is 4.74 Å². The molecule has 0 bridgehead atoms. The third-order valence-electron chi connectivity index (χ3n) is 4.03. The Balaban J connectivity index is 2.26. The van der Waals surface area contributed by atoms with Gasteiger partial charge in [-0.1, -0.05) is 11.6 Å². The Kier molecular flexibility index (Phi) is 5.80. The molecule has 1 aromatic heterocycles. The maximum Gasteiger partial charge on any atom is 0.360 e. The summed E-state index contributed by atoms with van der Waals surface area (Å²) in [7, 11) is 1.33. The molecule has 0 unspecified atom stereocenters. The topological polar surface area (TPSA) is 77.1 Å². The van der Waals surface area contributed by atoms with E-state index >= 15 is 0 Å². The molecule has 0 atom stereocenters. The Hall–Kier alpha value is -3.44. The van der Waals surface area contributed by atoms with Crippen molar-refractivity contribution in [1.29, 1.82) is 5.26 Å². The van der Waals surface area contributed by atoms with Gasteiger partial charge in [0.25, 0.3) is 0 Å². The molecule has 0 aliphatic rings. The van der Waals surface area contributed by atoms with Gasteiger partial charge in [-0.3, -0.25) is 4.57 Å². The first-order chi connectivity index (χ1) is 13.9. The van der Waals surface area contributed by atoms with E-state index in [-0.39, 0.29) is 45.8 Å². The van der Waals surface area contributed by atoms with E-state index in [1.807, 2.05) is 0 Å². The number of nitriles is 1. The van der Waals surface area contributed by atoms with Gasteiger partial charge in [0.05, 0.1) is 25.0 Å². The second-order valence-electron chi connectivity index (χ2n) is 5.76. The van der Waals surface area contributed by atoms with Crippen molar-refractivity contribution in [2.24, 2.45) is 0 Å². The molecule has 0 aliphatic heterocycles. The number of ether oxygens (including phenoxy) is 2. The summed E-state index contributed by atoms with van der Waals surface area (Å²) >= 11 is 6.37. The number of methoxy groups -OCH3 is 1. The fourth-order valence-electron chi connectivity index (χ4n) is 2.70. The van der Waals surface area contributed by atoms with Gasteiger partial charge in [0.1, 0.15) is 22.9 Å². The Morgan fingerprint density at radius 2 is 2.00 bits per heavy atom. The number of hydrogen-bond donors (Lipinski definition) is 0. The number of hydrogen-bond acceptors (Lipinski definition) is 5. The standard InChI is InChI=1S/C20H14ClF2N3O3/c1-3-29-20(27)17-18(21)26(13-6-7-16(28-2)15(23)9-13)19(25-17)11-4-5-12(10-24)14(22)8-11/h4-9H,3H2,1-2H3. The third kappa shape index (κ3) is 3.77. The van der Waals surface area contributed by atoms with Crippen LogP contribution in [0.1, 0.15) is 23.0 Å². The van der Waals surface area contributed by atoms with Crippen LogP contribution >= 0.6 is 11.6 Å². The summed E-state index contributed by atoms with van der Waals surface area (Å²) in [5.74, 6) is -2.12. The number of imidazole rings is 1. The lowest BCUT2D eigenvalue weighted by molar-refractivity contribution is 0.0520. The molecule has 0 amide bonds. The predicted molar refractivity (Wildman–Crippen MR) is 101 cm³/mol. The highest BCUT2D eigenvalue weighted by Gasteiger charge is 2.25. The van der Waals surface area contributed by atoms with Crippen LogP contribution in [0.3, 0.4) is 0 Å². The van der Waals surface area contributed by atoms with E-state index in [0.29, 0.717) is 0 Å². The van der Waals surface area contributed by atoms with Crippen LogP contribution in [0.5, 0.6) is 5.75 Å². The van der Waals surface area contributed by atoms with Gasteiger partial charge in [0.2, 0.25) is 0 Å². The second kappa shape index (κ2) is 8.29. The van der Waals surface area contributed by atoms with Crippen molar-refractivity contribution < 1.29 is 23.0 Å². The molecule has 0 N–H and O–H groups in total. The SMILES string of the molecule is CCOC(=O)c1nc(-c2ccc(C#N)c(F)c2)n(-c2ccc(OC)c(F)c2)c1Cl. The highest BCUT2D eigenvalue weighted by atomic mass is 35.5. The number of carbonyl (C=O) groups excluding carboxylic acids is 1. The van der Waals surface area contributed by atoms with Gasteiger partial charge in [0.15, 0.2) is 17.3 Å². The van der Waals surface area contributed by atoms with Crippen LogP contribution in [-0.4, -0.2) is 29.2 Å². The number of esters is 1. The Bertz CT molecular complexity index is 1140. The maximum absolute atomic E-state index is 14.3. The Morgan fingerprint density at radius 3 is 2.59 bits per heavy atom. The molecule has 148 valence electrons. The highest BCUT2D eigenvalue weighted by molar-refractivity contribution is 6.32. The van der Waals surface area contributed by atoms with Gasteiger partial charge in [-0.2, -0.15) is 5.26 Å². The van der Waals surface area contributed by atoms with Crippen molar-refractivity contribution in [2.45, 2.75) is 6.92 Å². The van der Waals surface area contributed by atoms with Gasteiger partial charge in [-0.15, -0.1) is 0 Å². The quantitative estimate of drug-likeness (QED) is 0.570. The molecule has 0 aliphatic carbocycles. The van der Waals surface area contributed by atoms with Gasteiger partial charge in [0, 0.05) is 11.6 Å². The van der Waals surface area contributed by atoms with Crippen LogP contribution in [0.25, 0.3) is 17.1 Å². The summed E-state index contributed by atoms with van der Waals surface area (Å²) < 4.78 is 39.6. The molecule has 3 rings (SSSR count). The molecule has 29 heavy (non-hydrogen) atoms. The zero-order valence-electron chi connectivity index (χ0n) is 15.4. The molecule has 3 aromatic rings. The fraction of sp³-hybridized carbons (Fsp3) is 0.150. The molecule has 0 radical (unpaired) electrons. The number of aromatic nitrogens is 2. The summed E-state index contributed by atoms with van der Waals surface area (Å²) in [5.41, 5.74) is 0.106. The molecule has 6 nitrogen and oxygen atoms in total. The van der Waals surface area contributed by atoms with E-state index in [2.05, 4.69) is 4.98 Å². The molecule has 2 aromatic carbocycles. The van der Waals surface area contributed by atoms with Crippen molar-refractivity contribution in [3.05, 3.63) is 64.4 Å². The van der Waals surface area contributed by atoms with E-state index in [1.54, 1.807) is 13.0 Å². The summed E-state index contributed by atoms with van der Waals surface area (Å²) in [4.78, 5) is 16.4. The first-order valence-corrected chi connectivity index (χ1v) is 8.78. The third-order valence-corrected chi connectivity index (χ3v) is 4.38.